The first kappa shape index (κ1) is 19.4. The lowest BCUT2D eigenvalue weighted by molar-refractivity contribution is 0.362. The van der Waals surface area contributed by atoms with E-state index in [2.05, 4.69) is 20.0 Å². The van der Waals surface area contributed by atoms with E-state index in [0.717, 1.165) is 12.1 Å². The average molecular weight is 420 g/mol. The van der Waals surface area contributed by atoms with Gasteiger partial charge in [0, 0.05) is 37.8 Å². The molecule has 0 amide bonds. The minimum atomic E-state index is -3.96. The number of anilines is 2. The van der Waals surface area contributed by atoms with Gasteiger partial charge in [-0.1, -0.05) is 6.07 Å². The molecule has 0 radical (unpaired) electrons. The number of nitrogen functional groups attached to an aromatic ring is 1. The Morgan fingerprint density at radius 3 is 2.66 bits per heavy atom. The Kier molecular flexibility index (Phi) is 5.03. The van der Waals surface area contributed by atoms with Gasteiger partial charge in [0.05, 0.1) is 16.8 Å². The van der Waals surface area contributed by atoms with Crippen LogP contribution >= 0.6 is 0 Å². The average Bonchev–Trinajstić information content (AvgIpc) is 2.71. The molecule has 0 bridgehead atoms. The predicted molar refractivity (Wildman–Crippen MR) is 106 cm³/mol. The van der Waals surface area contributed by atoms with Crippen LogP contribution in [0.5, 0.6) is 0 Å². The summed E-state index contributed by atoms with van der Waals surface area (Å²) in [5.41, 5.74) is 5.63. The van der Waals surface area contributed by atoms with E-state index < -0.39 is 21.8 Å². The van der Waals surface area contributed by atoms with Crippen molar-refractivity contribution in [2.45, 2.75) is 0 Å². The molecule has 1 aliphatic rings. The number of nitrogens with two attached hydrogens (primary N) is 1. The van der Waals surface area contributed by atoms with Gasteiger partial charge in [-0.05, 0) is 29.8 Å². The van der Waals surface area contributed by atoms with Crippen LogP contribution < -0.4 is 15.8 Å². The van der Waals surface area contributed by atoms with E-state index in [-0.39, 0.29) is 35.9 Å². The second-order valence-electron chi connectivity index (χ2n) is 6.54. The van der Waals surface area contributed by atoms with E-state index in [1.54, 1.807) is 6.07 Å². The summed E-state index contributed by atoms with van der Waals surface area (Å²) in [4.78, 5) is 7.93. The third-order valence-electron chi connectivity index (χ3n) is 4.63. The number of rotatable bonds is 4. The summed E-state index contributed by atoms with van der Waals surface area (Å²) in [6.07, 6.45) is 1.45. The Morgan fingerprint density at radius 1 is 1.14 bits per heavy atom. The Balaban J connectivity index is 1.73. The summed E-state index contributed by atoms with van der Waals surface area (Å²) >= 11 is 0. The van der Waals surface area contributed by atoms with Crippen LogP contribution in [0.1, 0.15) is 0 Å². The van der Waals surface area contributed by atoms with Crippen LogP contribution in [-0.4, -0.2) is 48.9 Å². The highest BCUT2D eigenvalue weighted by atomic mass is 32.2. The zero-order valence-corrected chi connectivity index (χ0v) is 16.0. The maximum atomic E-state index is 15.1. The SMILES string of the molecule is Nc1ncc2cc(-c3c(F)ccc(NS(=O)(=O)N4CCNCC4)c3F)ccc2n1. The largest absolute Gasteiger partial charge is 0.368 e. The lowest BCUT2D eigenvalue weighted by atomic mass is 10.0. The van der Waals surface area contributed by atoms with E-state index in [9.17, 15) is 12.8 Å². The highest BCUT2D eigenvalue weighted by Gasteiger charge is 2.26. The van der Waals surface area contributed by atoms with Crippen LogP contribution in [0.25, 0.3) is 22.0 Å². The van der Waals surface area contributed by atoms with Gasteiger partial charge in [-0.25, -0.2) is 18.7 Å². The Morgan fingerprint density at radius 2 is 1.90 bits per heavy atom. The van der Waals surface area contributed by atoms with Crippen LogP contribution in [0, 0.1) is 11.6 Å². The van der Waals surface area contributed by atoms with Crippen molar-refractivity contribution < 1.29 is 17.2 Å². The number of benzene rings is 2. The Labute approximate surface area is 165 Å². The molecule has 3 aromatic rings. The molecule has 0 unspecified atom stereocenters. The number of piperazine rings is 1. The van der Waals surface area contributed by atoms with Crippen molar-refractivity contribution in [3.05, 3.63) is 48.2 Å². The number of halogens is 2. The van der Waals surface area contributed by atoms with Gasteiger partial charge in [-0.15, -0.1) is 0 Å². The molecule has 0 aliphatic carbocycles. The molecule has 152 valence electrons. The molecule has 1 fully saturated rings. The maximum Gasteiger partial charge on any atom is 0.301 e. The van der Waals surface area contributed by atoms with Crippen molar-refractivity contribution in [1.82, 2.24) is 19.6 Å². The minimum absolute atomic E-state index is 0.0897. The fourth-order valence-electron chi connectivity index (χ4n) is 3.19. The summed E-state index contributed by atoms with van der Waals surface area (Å²) in [7, 11) is -3.96. The van der Waals surface area contributed by atoms with Crippen molar-refractivity contribution in [2.24, 2.45) is 0 Å². The molecule has 2 heterocycles. The number of aromatic nitrogens is 2. The first-order chi connectivity index (χ1) is 13.8. The monoisotopic (exact) mass is 420 g/mol. The molecule has 1 saturated heterocycles. The first-order valence-corrected chi connectivity index (χ1v) is 10.3. The second-order valence-corrected chi connectivity index (χ2v) is 8.21. The first-order valence-electron chi connectivity index (χ1n) is 8.84. The molecule has 4 rings (SSSR count). The standard InChI is InChI=1S/C18H18F2N6O2S/c19-13-2-4-15(25-29(27,28)26-7-5-22-6-8-26)17(20)16(13)11-1-3-14-12(9-11)10-23-18(21)24-14/h1-4,9-10,22,25H,5-8H2,(H2,21,23,24). The second kappa shape index (κ2) is 7.50. The number of hydrogen-bond acceptors (Lipinski definition) is 6. The van der Waals surface area contributed by atoms with Crippen molar-refractivity contribution in [3.8, 4) is 11.1 Å². The highest BCUT2D eigenvalue weighted by Crippen LogP contribution is 2.33. The van der Waals surface area contributed by atoms with Gasteiger partial charge in [0.25, 0.3) is 0 Å². The van der Waals surface area contributed by atoms with Gasteiger partial charge in [0.2, 0.25) is 5.95 Å². The van der Waals surface area contributed by atoms with Crippen molar-refractivity contribution in [2.75, 3.05) is 36.6 Å². The maximum absolute atomic E-state index is 15.1. The Hall–Kier alpha value is -2.89. The predicted octanol–water partition coefficient (Wildman–Crippen LogP) is 1.72. The summed E-state index contributed by atoms with van der Waals surface area (Å²) in [6.45, 7) is 1.53. The molecule has 2 aromatic carbocycles. The van der Waals surface area contributed by atoms with Crippen LogP contribution in [0.2, 0.25) is 0 Å². The fourth-order valence-corrected chi connectivity index (χ4v) is 4.42. The molecule has 1 aliphatic heterocycles. The highest BCUT2D eigenvalue weighted by molar-refractivity contribution is 7.90. The van der Waals surface area contributed by atoms with Gasteiger partial charge in [0.15, 0.2) is 5.82 Å². The van der Waals surface area contributed by atoms with Crippen LogP contribution in [-0.2, 0) is 10.2 Å². The van der Waals surface area contributed by atoms with Crippen LogP contribution in [0.15, 0.2) is 36.5 Å². The summed E-state index contributed by atoms with van der Waals surface area (Å²) in [6, 6.07) is 6.67. The number of nitrogens with zero attached hydrogens (tertiary/aromatic N) is 3. The fraction of sp³-hybridized carbons (Fsp3) is 0.222. The molecule has 8 nitrogen and oxygen atoms in total. The zero-order chi connectivity index (χ0) is 20.6. The molecule has 0 saturated carbocycles. The smallest absolute Gasteiger partial charge is 0.301 e. The zero-order valence-electron chi connectivity index (χ0n) is 15.2. The molecular weight excluding hydrogens is 402 g/mol. The van der Waals surface area contributed by atoms with Crippen LogP contribution in [0.4, 0.5) is 20.4 Å². The molecule has 0 spiro atoms. The lowest BCUT2D eigenvalue weighted by Crippen LogP contribution is -2.48. The lowest BCUT2D eigenvalue weighted by Gasteiger charge is -2.27. The van der Waals surface area contributed by atoms with E-state index in [1.165, 1.54) is 22.6 Å². The third-order valence-corrected chi connectivity index (χ3v) is 6.16. The molecule has 4 N–H and O–H groups in total. The number of nitrogens with one attached hydrogen (secondary N) is 2. The summed E-state index contributed by atoms with van der Waals surface area (Å²) < 4.78 is 58.1. The van der Waals surface area contributed by atoms with E-state index >= 15 is 4.39 Å². The summed E-state index contributed by atoms with van der Waals surface area (Å²) in [5.74, 6) is -1.73. The minimum Gasteiger partial charge on any atom is -0.368 e. The van der Waals surface area contributed by atoms with Gasteiger partial charge >= 0.3 is 10.2 Å². The molecule has 1 aromatic heterocycles. The van der Waals surface area contributed by atoms with E-state index in [1.807, 2.05) is 0 Å². The quantitative estimate of drug-likeness (QED) is 0.592. The van der Waals surface area contributed by atoms with Gasteiger partial charge in [0.1, 0.15) is 5.82 Å². The van der Waals surface area contributed by atoms with E-state index in [4.69, 9.17) is 5.73 Å². The van der Waals surface area contributed by atoms with E-state index in [0.29, 0.717) is 24.0 Å². The van der Waals surface area contributed by atoms with Crippen molar-refractivity contribution in [3.63, 3.8) is 0 Å². The summed E-state index contributed by atoms with van der Waals surface area (Å²) in [5, 5.41) is 3.59. The van der Waals surface area contributed by atoms with Crippen molar-refractivity contribution >= 4 is 32.7 Å². The normalized spacial score (nSPS) is 15.5. The van der Waals surface area contributed by atoms with Gasteiger partial charge < -0.3 is 11.1 Å². The molecule has 11 heteroatoms. The number of hydrogen-bond donors (Lipinski definition) is 3. The van der Waals surface area contributed by atoms with Gasteiger partial charge in [-0.2, -0.15) is 12.7 Å². The third kappa shape index (κ3) is 3.84. The van der Waals surface area contributed by atoms with Crippen LogP contribution in [0.3, 0.4) is 0 Å². The number of fused-ring (bicyclic) bond motifs is 1. The molecular formula is C18H18F2N6O2S. The molecule has 0 atom stereocenters. The van der Waals surface area contributed by atoms with Crippen molar-refractivity contribution in [1.29, 1.82) is 0 Å². The Bertz CT molecular complexity index is 1180. The molecule has 29 heavy (non-hydrogen) atoms. The topological polar surface area (TPSA) is 113 Å². The van der Waals surface area contributed by atoms with Gasteiger partial charge in [-0.3, -0.25) is 4.72 Å².